The summed E-state index contributed by atoms with van der Waals surface area (Å²) < 4.78 is 16.3. The third-order valence-corrected chi connectivity index (χ3v) is 6.49. The number of carbonyl (C=O) groups is 3. The van der Waals surface area contributed by atoms with Crippen LogP contribution >= 0.6 is 11.6 Å². The maximum Gasteiger partial charge on any atom is 0.511 e. The Labute approximate surface area is 231 Å². The van der Waals surface area contributed by atoms with Gasteiger partial charge in [-0.3, -0.25) is 14.4 Å². The van der Waals surface area contributed by atoms with Crippen LogP contribution in [-0.2, 0) is 21.3 Å². The Hall–Kier alpha value is -3.96. The van der Waals surface area contributed by atoms with E-state index in [0.29, 0.717) is 34.1 Å². The van der Waals surface area contributed by atoms with Crippen LogP contribution in [0.15, 0.2) is 48.8 Å². The molecule has 1 aliphatic heterocycles. The molecule has 11 nitrogen and oxygen atoms in total. The third kappa shape index (κ3) is 6.55. The van der Waals surface area contributed by atoms with Crippen molar-refractivity contribution in [1.82, 2.24) is 20.1 Å². The van der Waals surface area contributed by atoms with Crippen LogP contribution in [0.25, 0.3) is 11.1 Å². The second-order valence-electron chi connectivity index (χ2n) is 8.87. The third-order valence-electron chi connectivity index (χ3n) is 6.19. The summed E-state index contributed by atoms with van der Waals surface area (Å²) in [6.07, 6.45) is 2.79. The summed E-state index contributed by atoms with van der Waals surface area (Å²) >= 11 is 6.44. The fourth-order valence-corrected chi connectivity index (χ4v) is 4.60. The Kier molecular flexibility index (Phi) is 9.15. The highest BCUT2D eigenvalue weighted by molar-refractivity contribution is 6.33. The smallest absolute Gasteiger partial charge is 0.435 e. The molecule has 3 aromatic rings. The first-order valence-electron chi connectivity index (χ1n) is 12.6. The van der Waals surface area contributed by atoms with Gasteiger partial charge in [0.05, 0.1) is 23.9 Å². The van der Waals surface area contributed by atoms with E-state index in [9.17, 15) is 14.4 Å². The first kappa shape index (κ1) is 28.1. The molecule has 4 rings (SSSR count). The Morgan fingerprint density at radius 1 is 1.21 bits per heavy atom. The van der Waals surface area contributed by atoms with Crippen LogP contribution in [0, 0.1) is 0 Å². The van der Waals surface area contributed by atoms with Crippen LogP contribution in [-0.4, -0.2) is 64.8 Å². The molecule has 1 amide bonds. The fraction of sp³-hybridized carbons (Fsp3) is 0.370. The van der Waals surface area contributed by atoms with Crippen LogP contribution in [0.1, 0.15) is 47.5 Å². The second-order valence-corrected chi connectivity index (χ2v) is 9.27. The zero-order valence-electron chi connectivity index (χ0n) is 21.9. The fourth-order valence-electron chi connectivity index (χ4n) is 4.38. The lowest BCUT2D eigenvalue weighted by atomic mass is 10.0. The molecule has 0 unspecified atom stereocenters. The summed E-state index contributed by atoms with van der Waals surface area (Å²) in [5.74, 6) is -0.548. The number of piperidine rings is 1. The molecule has 3 heterocycles. The van der Waals surface area contributed by atoms with Crippen molar-refractivity contribution in [2.24, 2.45) is 7.05 Å². The molecule has 2 aromatic heterocycles. The minimum Gasteiger partial charge on any atom is -0.435 e. The number of aryl methyl sites for hydroxylation is 1. The number of amides is 1. The predicted octanol–water partition coefficient (Wildman–Crippen LogP) is 4.21. The van der Waals surface area contributed by atoms with Crippen molar-refractivity contribution in [2.45, 2.75) is 39.0 Å². The Morgan fingerprint density at radius 3 is 2.64 bits per heavy atom. The number of ether oxygens (including phenoxy) is 3. The van der Waals surface area contributed by atoms with Gasteiger partial charge >= 0.3 is 12.1 Å². The number of aromatic nitrogens is 3. The number of anilines is 1. The van der Waals surface area contributed by atoms with E-state index >= 15 is 0 Å². The van der Waals surface area contributed by atoms with Crippen molar-refractivity contribution in [2.75, 3.05) is 24.6 Å². The minimum absolute atomic E-state index is 0.100. The number of rotatable bonds is 8. The standard InChI is InChI=1S/C27H30ClN5O6/c1-4-37-27(36)39-17(2)38-26(35)23-21(16-31-32(23)3)18-9-11-19(12-10-18)25(34)33(20-7-5-13-29-15-20)24-22(28)8-6-14-30-24/h6,8-12,14,16-17,20,29H,4-5,7,13,15H2,1-3H3/t17-,20-/m1/s1. The van der Waals surface area contributed by atoms with Gasteiger partial charge in [-0.25, -0.2) is 14.6 Å². The number of benzene rings is 1. The molecule has 0 saturated carbocycles. The Morgan fingerprint density at radius 2 is 1.97 bits per heavy atom. The molecule has 1 aliphatic rings. The predicted molar refractivity (Wildman–Crippen MR) is 144 cm³/mol. The zero-order chi connectivity index (χ0) is 27.9. The molecular weight excluding hydrogens is 526 g/mol. The van der Waals surface area contributed by atoms with Gasteiger partial charge < -0.3 is 19.5 Å². The molecule has 1 N–H and O–H groups in total. The molecule has 0 spiro atoms. The number of nitrogens with one attached hydrogen (secondary N) is 1. The summed E-state index contributed by atoms with van der Waals surface area (Å²) in [4.78, 5) is 44.2. The van der Waals surface area contributed by atoms with Gasteiger partial charge in [-0.05, 0) is 56.1 Å². The topological polar surface area (TPSA) is 125 Å². The number of carbonyl (C=O) groups excluding carboxylic acids is 3. The van der Waals surface area contributed by atoms with E-state index in [1.165, 1.54) is 17.8 Å². The van der Waals surface area contributed by atoms with E-state index < -0.39 is 18.4 Å². The van der Waals surface area contributed by atoms with E-state index in [2.05, 4.69) is 15.4 Å². The lowest BCUT2D eigenvalue weighted by Crippen LogP contribution is -2.49. The van der Waals surface area contributed by atoms with Crippen LogP contribution in [0.2, 0.25) is 5.02 Å². The molecule has 12 heteroatoms. The van der Waals surface area contributed by atoms with Crippen molar-refractivity contribution >= 4 is 35.5 Å². The maximum absolute atomic E-state index is 13.7. The monoisotopic (exact) mass is 555 g/mol. The first-order valence-corrected chi connectivity index (χ1v) is 13.0. The number of hydrogen-bond donors (Lipinski definition) is 1. The van der Waals surface area contributed by atoms with Gasteiger partial charge in [0.1, 0.15) is 0 Å². The first-order chi connectivity index (χ1) is 18.8. The minimum atomic E-state index is -1.17. The summed E-state index contributed by atoms with van der Waals surface area (Å²) in [5.41, 5.74) is 1.73. The quantitative estimate of drug-likeness (QED) is 0.321. The normalized spacial score (nSPS) is 15.7. The molecule has 1 saturated heterocycles. The SMILES string of the molecule is CCOC(=O)O[C@H](C)OC(=O)c1c(-c2ccc(C(=O)N(c3ncccc3Cl)[C@@H]3CCCNC3)cc2)cnn1C. The van der Waals surface area contributed by atoms with Crippen LogP contribution in [0.4, 0.5) is 10.6 Å². The second kappa shape index (κ2) is 12.7. The van der Waals surface area contributed by atoms with Crippen molar-refractivity contribution in [1.29, 1.82) is 0 Å². The number of esters is 1. The highest BCUT2D eigenvalue weighted by atomic mass is 35.5. The molecule has 1 fully saturated rings. The molecule has 0 aliphatic carbocycles. The lowest BCUT2D eigenvalue weighted by molar-refractivity contribution is -0.0815. The van der Waals surface area contributed by atoms with E-state index in [0.717, 1.165) is 19.4 Å². The largest absolute Gasteiger partial charge is 0.511 e. The molecular formula is C27H30ClN5O6. The van der Waals surface area contributed by atoms with Crippen LogP contribution in [0.5, 0.6) is 0 Å². The summed E-state index contributed by atoms with van der Waals surface area (Å²) in [7, 11) is 1.60. The van der Waals surface area contributed by atoms with Gasteiger partial charge in [0.15, 0.2) is 11.5 Å². The Balaban J connectivity index is 1.56. The van der Waals surface area contributed by atoms with E-state index in [1.54, 1.807) is 61.5 Å². The van der Waals surface area contributed by atoms with Gasteiger partial charge in [-0.15, -0.1) is 0 Å². The van der Waals surface area contributed by atoms with Gasteiger partial charge in [-0.2, -0.15) is 5.10 Å². The van der Waals surface area contributed by atoms with Gasteiger partial charge in [-0.1, -0.05) is 23.7 Å². The van der Waals surface area contributed by atoms with E-state index in [1.807, 2.05) is 0 Å². The zero-order valence-corrected chi connectivity index (χ0v) is 22.7. The lowest BCUT2D eigenvalue weighted by Gasteiger charge is -2.34. The highest BCUT2D eigenvalue weighted by Crippen LogP contribution is 2.30. The highest BCUT2D eigenvalue weighted by Gasteiger charge is 2.30. The molecule has 1 aromatic carbocycles. The van der Waals surface area contributed by atoms with Gasteiger partial charge in [0.2, 0.25) is 6.29 Å². The van der Waals surface area contributed by atoms with Gasteiger partial charge in [0.25, 0.3) is 5.91 Å². The number of pyridine rings is 1. The van der Waals surface area contributed by atoms with E-state index in [4.69, 9.17) is 25.8 Å². The van der Waals surface area contributed by atoms with Crippen molar-refractivity contribution in [3.05, 3.63) is 65.1 Å². The summed E-state index contributed by atoms with van der Waals surface area (Å²) in [6.45, 7) is 4.71. The molecule has 0 bridgehead atoms. The number of halogens is 1. The molecule has 2 atom stereocenters. The van der Waals surface area contributed by atoms with Crippen molar-refractivity contribution in [3.8, 4) is 11.1 Å². The summed E-state index contributed by atoms with van der Waals surface area (Å²) in [5, 5.41) is 7.92. The average molecular weight is 556 g/mol. The Bertz CT molecular complexity index is 1320. The van der Waals surface area contributed by atoms with Crippen LogP contribution < -0.4 is 10.2 Å². The van der Waals surface area contributed by atoms with Crippen molar-refractivity contribution < 1.29 is 28.6 Å². The molecule has 39 heavy (non-hydrogen) atoms. The summed E-state index contributed by atoms with van der Waals surface area (Å²) in [6, 6.07) is 10.2. The number of nitrogens with zero attached hydrogens (tertiary/aromatic N) is 4. The average Bonchev–Trinajstić information content (AvgIpc) is 3.32. The maximum atomic E-state index is 13.7. The molecule has 206 valence electrons. The van der Waals surface area contributed by atoms with Crippen LogP contribution in [0.3, 0.4) is 0 Å². The van der Waals surface area contributed by atoms with Crippen molar-refractivity contribution in [3.63, 3.8) is 0 Å². The van der Waals surface area contributed by atoms with Gasteiger partial charge in [0, 0.05) is 37.8 Å². The number of hydrogen-bond acceptors (Lipinski definition) is 9. The van der Waals surface area contributed by atoms with E-state index in [-0.39, 0.29) is 24.2 Å². The molecule has 0 radical (unpaired) electrons.